The average molecular weight is 146 g/mol. The molecule has 0 aliphatic carbocycles. The van der Waals surface area contributed by atoms with Gasteiger partial charge in [-0.2, -0.15) is 5.26 Å². The van der Waals surface area contributed by atoms with E-state index in [1.807, 2.05) is 6.92 Å². The van der Waals surface area contributed by atoms with Crippen molar-refractivity contribution in [2.24, 2.45) is 0 Å². The Morgan fingerprint density at radius 1 is 1.70 bits per heavy atom. The number of aliphatic hydroxyl groups excluding tert-OH is 1. The van der Waals surface area contributed by atoms with Crippen LogP contribution < -0.4 is 0 Å². The molecule has 0 aliphatic rings. The van der Waals surface area contributed by atoms with Crippen molar-refractivity contribution in [1.82, 2.24) is 0 Å². The molecule has 0 rings (SSSR count). The van der Waals surface area contributed by atoms with E-state index in [1.54, 1.807) is 0 Å². The van der Waals surface area contributed by atoms with Crippen LogP contribution in [0, 0.1) is 0 Å². The summed E-state index contributed by atoms with van der Waals surface area (Å²) in [5, 5.41) is 16.2. The van der Waals surface area contributed by atoms with Crippen LogP contribution in [0.15, 0.2) is 11.8 Å². The van der Waals surface area contributed by atoms with E-state index < -0.39 is 5.97 Å². The smallest absolute Gasteiger partial charge is 0.371 e. The van der Waals surface area contributed by atoms with Crippen LogP contribution in [0.4, 0.5) is 0 Å². The third-order valence-electron chi connectivity index (χ3n) is 1.02. The molecule has 0 radical (unpaired) electrons. The van der Waals surface area contributed by atoms with Gasteiger partial charge in [-0.3, -0.25) is 4.89 Å². The fourth-order valence-electron chi connectivity index (χ4n) is 0.547. The van der Waals surface area contributed by atoms with Crippen LogP contribution in [0.2, 0.25) is 0 Å². The summed E-state index contributed by atoms with van der Waals surface area (Å²) in [5.41, 5.74) is 0.0741. The lowest BCUT2D eigenvalue weighted by atomic mass is 10.2. The van der Waals surface area contributed by atoms with Gasteiger partial charge in [-0.05, 0) is 6.42 Å². The highest BCUT2D eigenvalue weighted by Gasteiger charge is 2.08. The van der Waals surface area contributed by atoms with E-state index in [-0.39, 0.29) is 5.57 Å². The number of hydrogen-bond donors (Lipinski definition) is 2. The van der Waals surface area contributed by atoms with Crippen molar-refractivity contribution in [3.05, 3.63) is 11.8 Å². The average Bonchev–Trinajstić information content (AvgIpc) is 1.99. The molecule has 0 aromatic heterocycles. The molecule has 0 spiro atoms. The first-order chi connectivity index (χ1) is 4.76. The maximum Gasteiger partial charge on any atom is 0.371 e. The molecule has 0 aromatic rings. The number of carbonyl (C=O) groups is 1. The lowest BCUT2D eigenvalue weighted by molar-refractivity contribution is -0.229. The Morgan fingerprint density at radius 3 is 2.60 bits per heavy atom. The summed E-state index contributed by atoms with van der Waals surface area (Å²) < 4.78 is 0. The normalized spacial score (nSPS) is 11.2. The first-order valence-corrected chi connectivity index (χ1v) is 2.95. The second-order valence-corrected chi connectivity index (χ2v) is 1.78. The van der Waals surface area contributed by atoms with Gasteiger partial charge >= 0.3 is 5.97 Å². The number of hydrogen-bond acceptors (Lipinski definition) is 4. The van der Waals surface area contributed by atoms with Crippen molar-refractivity contribution >= 4 is 5.97 Å². The van der Waals surface area contributed by atoms with E-state index >= 15 is 0 Å². The zero-order valence-corrected chi connectivity index (χ0v) is 5.70. The van der Waals surface area contributed by atoms with Crippen LogP contribution in [0.3, 0.4) is 0 Å². The predicted octanol–water partition coefficient (Wildman–Crippen LogP) is 1.24. The van der Waals surface area contributed by atoms with Crippen LogP contribution in [-0.4, -0.2) is 16.3 Å². The second kappa shape index (κ2) is 4.81. The van der Waals surface area contributed by atoms with Crippen LogP contribution in [0.25, 0.3) is 0 Å². The summed E-state index contributed by atoms with van der Waals surface area (Å²) >= 11 is 0. The molecule has 0 heterocycles. The van der Waals surface area contributed by atoms with Crippen molar-refractivity contribution in [3.63, 3.8) is 0 Å². The van der Waals surface area contributed by atoms with E-state index in [9.17, 15) is 4.79 Å². The van der Waals surface area contributed by atoms with Crippen LogP contribution >= 0.6 is 0 Å². The molecule has 2 N–H and O–H groups in total. The Morgan fingerprint density at radius 2 is 2.30 bits per heavy atom. The molecule has 4 nitrogen and oxygen atoms in total. The van der Waals surface area contributed by atoms with Gasteiger partial charge in [0.25, 0.3) is 0 Å². The fourth-order valence-corrected chi connectivity index (χ4v) is 0.547. The molecule has 0 saturated heterocycles. The third kappa shape index (κ3) is 2.50. The quantitative estimate of drug-likeness (QED) is 0.272. The van der Waals surface area contributed by atoms with E-state index in [2.05, 4.69) is 4.89 Å². The molecule has 10 heavy (non-hydrogen) atoms. The number of rotatable bonds is 3. The van der Waals surface area contributed by atoms with E-state index in [4.69, 9.17) is 10.4 Å². The lowest BCUT2D eigenvalue weighted by Gasteiger charge is -1.97. The van der Waals surface area contributed by atoms with Gasteiger partial charge in [0.15, 0.2) is 0 Å². The minimum absolute atomic E-state index is 0.0741. The van der Waals surface area contributed by atoms with Crippen molar-refractivity contribution in [2.45, 2.75) is 19.8 Å². The molecular formula is C6H10O4. The molecule has 58 valence electrons. The van der Waals surface area contributed by atoms with Gasteiger partial charge in [0, 0.05) is 0 Å². The first kappa shape index (κ1) is 8.97. The Labute approximate surface area is 58.7 Å². The maximum atomic E-state index is 10.4. The van der Waals surface area contributed by atoms with Gasteiger partial charge in [0.2, 0.25) is 0 Å². The molecule has 0 atom stereocenters. The van der Waals surface area contributed by atoms with Crippen LogP contribution in [-0.2, 0) is 9.68 Å². The van der Waals surface area contributed by atoms with Gasteiger partial charge < -0.3 is 5.11 Å². The Hall–Kier alpha value is -1.03. The van der Waals surface area contributed by atoms with Gasteiger partial charge in [0.1, 0.15) is 0 Å². The Balaban J connectivity index is 3.95. The summed E-state index contributed by atoms with van der Waals surface area (Å²) in [6.45, 7) is 1.84. The SMILES string of the molecule is CCCC(=CO)C(=O)OO. The van der Waals surface area contributed by atoms with Crippen LogP contribution in [0.1, 0.15) is 19.8 Å². The Bertz CT molecular complexity index is 139. The summed E-state index contributed by atoms with van der Waals surface area (Å²) in [4.78, 5) is 13.8. The van der Waals surface area contributed by atoms with Gasteiger partial charge in [-0.15, -0.1) is 0 Å². The molecular weight excluding hydrogens is 136 g/mol. The highest BCUT2D eigenvalue weighted by Crippen LogP contribution is 2.04. The third-order valence-corrected chi connectivity index (χ3v) is 1.02. The zero-order valence-electron chi connectivity index (χ0n) is 5.70. The van der Waals surface area contributed by atoms with Gasteiger partial charge in [0.05, 0.1) is 11.8 Å². The number of carbonyl (C=O) groups excluding carboxylic acids is 1. The maximum absolute atomic E-state index is 10.4. The highest BCUT2D eigenvalue weighted by molar-refractivity contribution is 5.87. The van der Waals surface area contributed by atoms with Crippen molar-refractivity contribution in [3.8, 4) is 0 Å². The summed E-state index contributed by atoms with van der Waals surface area (Å²) in [5.74, 6) is -0.899. The van der Waals surface area contributed by atoms with E-state index in [0.717, 1.165) is 0 Å². The first-order valence-electron chi connectivity index (χ1n) is 2.95. The minimum atomic E-state index is -0.899. The second-order valence-electron chi connectivity index (χ2n) is 1.78. The zero-order chi connectivity index (χ0) is 7.98. The topological polar surface area (TPSA) is 66.8 Å². The standard InChI is InChI=1S/C6H10O4/c1-2-3-5(4-7)6(8)10-9/h4,7,9H,2-3H2,1H3. The largest absolute Gasteiger partial charge is 0.515 e. The van der Waals surface area contributed by atoms with Gasteiger partial charge in [-0.1, -0.05) is 13.3 Å². The summed E-state index contributed by atoms with van der Waals surface area (Å²) in [7, 11) is 0. The van der Waals surface area contributed by atoms with E-state index in [0.29, 0.717) is 19.1 Å². The molecule has 0 fully saturated rings. The molecule has 0 bridgehead atoms. The molecule has 0 amide bonds. The van der Waals surface area contributed by atoms with E-state index in [1.165, 1.54) is 0 Å². The highest BCUT2D eigenvalue weighted by atomic mass is 17.1. The predicted molar refractivity (Wildman–Crippen MR) is 34.3 cm³/mol. The molecule has 0 aliphatic heterocycles. The van der Waals surface area contributed by atoms with Gasteiger partial charge in [-0.25, -0.2) is 4.79 Å². The fraction of sp³-hybridized carbons (Fsp3) is 0.500. The lowest BCUT2D eigenvalue weighted by Crippen LogP contribution is -2.04. The van der Waals surface area contributed by atoms with Crippen molar-refractivity contribution in [2.75, 3.05) is 0 Å². The van der Waals surface area contributed by atoms with Crippen molar-refractivity contribution < 1.29 is 20.0 Å². The summed E-state index contributed by atoms with van der Waals surface area (Å²) in [6, 6.07) is 0. The molecule has 4 heteroatoms. The number of aliphatic hydroxyl groups is 1. The molecule has 0 unspecified atom stereocenters. The minimum Gasteiger partial charge on any atom is -0.515 e. The monoisotopic (exact) mass is 146 g/mol. The summed E-state index contributed by atoms with van der Waals surface area (Å²) in [6.07, 6.45) is 1.75. The molecule has 0 aromatic carbocycles. The van der Waals surface area contributed by atoms with Crippen LogP contribution in [0.5, 0.6) is 0 Å². The molecule has 0 saturated carbocycles. The Kier molecular flexibility index (Phi) is 4.32. The van der Waals surface area contributed by atoms with Crippen molar-refractivity contribution in [1.29, 1.82) is 0 Å².